The van der Waals surface area contributed by atoms with Gasteiger partial charge in [-0.05, 0) is 48.5 Å². The molecular formula is C37H34N4O9. The Morgan fingerprint density at radius 1 is 0.700 bits per heavy atom. The first-order valence-electron chi connectivity index (χ1n) is 15.5. The number of fused-ring (bicyclic) bond motifs is 5. The van der Waals surface area contributed by atoms with Crippen LogP contribution in [0.4, 0.5) is 5.69 Å². The predicted octanol–water partition coefficient (Wildman–Crippen LogP) is 6.83. The van der Waals surface area contributed by atoms with Crippen LogP contribution in [0.1, 0.15) is 49.4 Å². The molecule has 0 amide bonds. The fourth-order valence-corrected chi connectivity index (χ4v) is 5.34. The van der Waals surface area contributed by atoms with E-state index in [1.807, 2.05) is 50.2 Å². The van der Waals surface area contributed by atoms with Crippen LogP contribution in [-0.2, 0) is 6.42 Å². The van der Waals surface area contributed by atoms with Gasteiger partial charge in [-0.15, -0.1) is 0 Å². The summed E-state index contributed by atoms with van der Waals surface area (Å²) in [6, 6.07) is 19.9. The number of ketones is 1. The number of hydrogen-bond donors (Lipinski definition) is 1. The molecule has 4 aliphatic rings. The Morgan fingerprint density at radius 3 is 1.84 bits per heavy atom. The predicted molar refractivity (Wildman–Crippen MR) is 182 cm³/mol. The number of rotatable bonds is 4. The molecule has 50 heavy (non-hydrogen) atoms. The van der Waals surface area contributed by atoms with Gasteiger partial charge in [0.05, 0.1) is 17.3 Å². The number of nitrogens with two attached hydrogens (primary N) is 1. The Labute approximate surface area is 288 Å². The van der Waals surface area contributed by atoms with Crippen LogP contribution in [0.5, 0.6) is 46.0 Å². The zero-order valence-corrected chi connectivity index (χ0v) is 26.6. The largest absolute Gasteiger partial charge is 0.454 e. The normalized spacial score (nSPS) is 13.3. The van der Waals surface area contributed by atoms with Crippen LogP contribution in [0.25, 0.3) is 22.2 Å². The maximum Gasteiger partial charge on any atom is 0.231 e. The van der Waals surface area contributed by atoms with E-state index in [-0.39, 0.29) is 40.4 Å². The summed E-state index contributed by atoms with van der Waals surface area (Å²) in [5.41, 5.74) is 9.79. The first-order valence-corrected chi connectivity index (χ1v) is 15.5. The second-order valence-electron chi connectivity index (χ2n) is 10.8. The van der Waals surface area contributed by atoms with E-state index in [1.54, 1.807) is 30.3 Å². The fraction of sp³-hybridized carbons (Fsp3) is 0.243. The molecule has 13 heteroatoms. The lowest BCUT2D eigenvalue weighted by atomic mass is 10.0. The second kappa shape index (κ2) is 14.4. The number of nitrogens with zero attached hydrogens (tertiary/aromatic N) is 3. The zero-order chi connectivity index (χ0) is 33.9. The Morgan fingerprint density at radius 2 is 1.22 bits per heavy atom. The van der Waals surface area contributed by atoms with Crippen LogP contribution in [0.3, 0.4) is 0 Å². The number of nitrogen functional groups attached to an aromatic ring is 1. The molecule has 0 atom stereocenters. The lowest BCUT2D eigenvalue weighted by Crippen LogP contribution is -2.05. The molecule has 2 N–H and O–H groups in total. The number of aryl methyl sites for hydroxylation is 1. The summed E-state index contributed by atoms with van der Waals surface area (Å²) >= 11 is 0. The quantitative estimate of drug-likeness (QED) is 0.155. The molecule has 0 unspecified atom stereocenters. The third-order valence-corrected chi connectivity index (χ3v) is 7.78. The average molecular weight is 679 g/mol. The number of hydrogen-bond acceptors (Lipinski definition) is 13. The SMILES string of the molecule is C.CCC#N.CCc1nc(-c2ccc3c(c2)OCO3)c2cc3c(cc2n1)OCO3.Nc1cc2c(cc1C(=O)c1ccc3c(c1)OCO3)OCO2. The number of anilines is 1. The van der Waals surface area contributed by atoms with E-state index in [0.717, 1.165) is 57.4 Å². The van der Waals surface area contributed by atoms with Crippen molar-refractivity contribution in [3.8, 4) is 63.3 Å². The van der Waals surface area contributed by atoms with Crippen molar-refractivity contribution in [1.82, 2.24) is 9.97 Å². The Bertz CT molecular complexity index is 2130. The molecule has 4 aromatic carbocycles. The molecule has 0 fully saturated rings. The highest BCUT2D eigenvalue weighted by atomic mass is 16.7. The van der Waals surface area contributed by atoms with E-state index in [9.17, 15) is 4.79 Å². The summed E-state index contributed by atoms with van der Waals surface area (Å²) in [6.07, 6.45) is 1.38. The topological polar surface area (TPSA) is 166 Å². The van der Waals surface area contributed by atoms with Crippen LogP contribution in [0.15, 0.2) is 60.7 Å². The smallest absolute Gasteiger partial charge is 0.231 e. The molecule has 5 aromatic rings. The van der Waals surface area contributed by atoms with Crippen LogP contribution < -0.4 is 43.6 Å². The van der Waals surface area contributed by atoms with Crippen molar-refractivity contribution in [2.75, 3.05) is 32.9 Å². The summed E-state index contributed by atoms with van der Waals surface area (Å²) < 4.78 is 42.9. The van der Waals surface area contributed by atoms with Crippen molar-refractivity contribution in [2.45, 2.75) is 34.1 Å². The maximum atomic E-state index is 12.6. The average Bonchev–Trinajstić information content (AvgIpc) is 3.96. The minimum Gasteiger partial charge on any atom is -0.454 e. The molecule has 13 nitrogen and oxygen atoms in total. The molecule has 0 radical (unpaired) electrons. The van der Waals surface area contributed by atoms with Crippen molar-refractivity contribution in [3.05, 3.63) is 77.6 Å². The molecule has 0 saturated heterocycles. The van der Waals surface area contributed by atoms with Gasteiger partial charge in [0.25, 0.3) is 0 Å². The third kappa shape index (κ3) is 6.51. The second-order valence-corrected chi connectivity index (χ2v) is 10.8. The van der Waals surface area contributed by atoms with E-state index in [2.05, 4.69) is 4.98 Å². The highest BCUT2D eigenvalue weighted by molar-refractivity contribution is 6.12. The van der Waals surface area contributed by atoms with Crippen LogP contribution in [0.2, 0.25) is 0 Å². The fourth-order valence-electron chi connectivity index (χ4n) is 5.34. The number of benzene rings is 4. The van der Waals surface area contributed by atoms with E-state index in [4.69, 9.17) is 53.9 Å². The van der Waals surface area contributed by atoms with Gasteiger partial charge >= 0.3 is 0 Å². The molecule has 0 aliphatic carbocycles. The maximum absolute atomic E-state index is 12.6. The standard InChI is InChI=1S/C18H14N2O4.C15H11NO5.C3H5N.CH4/c1-2-17-19-12-7-16-15(23-9-24-16)6-11(12)18(20-17)10-3-4-13-14(5-10)22-8-21-13;16-10-5-14-13(20-7-21-14)4-9(10)15(17)8-1-2-11-12(3-8)19-6-18-11;1-2-3-4;/h3-7H,2,8-9H2,1H3;1-5H,6-7,16H2;2H2,1H3;1H4. The van der Waals surface area contributed by atoms with Gasteiger partial charge in [-0.2, -0.15) is 5.26 Å². The summed E-state index contributed by atoms with van der Waals surface area (Å²) in [7, 11) is 0. The van der Waals surface area contributed by atoms with Crippen molar-refractivity contribution >= 4 is 22.4 Å². The first-order chi connectivity index (χ1) is 23.9. The number of carbonyl (C=O) groups excluding carboxylic acids is 1. The van der Waals surface area contributed by atoms with Crippen LogP contribution >= 0.6 is 0 Å². The van der Waals surface area contributed by atoms with E-state index in [0.29, 0.717) is 46.2 Å². The molecule has 256 valence electrons. The van der Waals surface area contributed by atoms with Gasteiger partial charge in [0.1, 0.15) is 5.82 Å². The molecule has 1 aromatic heterocycles. The monoisotopic (exact) mass is 678 g/mol. The number of ether oxygens (including phenoxy) is 8. The molecule has 0 saturated carbocycles. The number of aromatic nitrogens is 2. The highest BCUT2D eigenvalue weighted by Crippen LogP contribution is 2.41. The van der Waals surface area contributed by atoms with Gasteiger partial charge in [-0.3, -0.25) is 4.79 Å². The van der Waals surface area contributed by atoms with E-state index < -0.39 is 0 Å². The van der Waals surface area contributed by atoms with Gasteiger partial charge in [0.15, 0.2) is 51.8 Å². The van der Waals surface area contributed by atoms with Gasteiger partial charge in [-0.1, -0.05) is 21.3 Å². The van der Waals surface area contributed by atoms with Crippen LogP contribution in [0, 0.1) is 11.3 Å². The first kappa shape index (κ1) is 33.5. The number of carbonyl (C=O) groups is 1. The Balaban J connectivity index is 0.000000155. The number of nitriles is 1. The summed E-state index contributed by atoms with van der Waals surface area (Å²) in [5, 5.41) is 8.55. The minimum atomic E-state index is -0.205. The molecule has 4 aliphatic heterocycles. The lowest BCUT2D eigenvalue weighted by molar-refractivity contribution is 0.103. The summed E-state index contributed by atoms with van der Waals surface area (Å²) in [5.74, 6) is 5.77. The molecular weight excluding hydrogens is 644 g/mol. The third-order valence-electron chi connectivity index (χ3n) is 7.78. The minimum absolute atomic E-state index is 0. The summed E-state index contributed by atoms with van der Waals surface area (Å²) in [4.78, 5) is 22.0. The zero-order valence-electron chi connectivity index (χ0n) is 26.6. The summed E-state index contributed by atoms with van der Waals surface area (Å²) in [6.45, 7) is 4.65. The Kier molecular flexibility index (Phi) is 9.62. The molecule has 0 bridgehead atoms. The van der Waals surface area contributed by atoms with Crippen molar-refractivity contribution in [2.24, 2.45) is 0 Å². The van der Waals surface area contributed by atoms with Crippen molar-refractivity contribution < 1.29 is 42.7 Å². The van der Waals surface area contributed by atoms with Crippen LogP contribution in [-0.4, -0.2) is 42.9 Å². The van der Waals surface area contributed by atoms with E-state index in [1.165, 1.54) is 0 Å². The van der Waals surface area contributed by atoms with Crippen molar-refractivity contribution in [1.29, 1.82) is 5.26 Å². The molecule has 9 rings (SSSR count). The lowest BCUT2D eigenvalue weighted by Gasteiger charge is -2.10. The van der Waals surface area contributed by atoms with Crippen molar-refractivity contribution in [3.63, 3.8) is 0 Å². The molecule has 5 heterocycles. The van der Waals surface area contributed by atoms with Gasteiger partial charge in [0.2, 0.25) is 27.2 Å². The van der Waals surface area contributed by atoms with E-state index >= 15 is 0 Å². The Hall–Kier alpha value is -6.42. The molecule has 0 spiro atoms. The van der Waals surface area contributed by atoms with Gasteiger partial charge in [-0.25, -0.2) is 9.97 Å². The van der Waals surface area contributed by atoms with Gasteiger partial charge < -0.3 is 43.6 Å². The van der Waals surface area contributed by atoms with Gasteiger partial charge in [0, 0.05) is 52.7 Å². The highest BCUT2D eigenvalue weighted by Gasteiger charge is 2.23.